The van der Waals surface area contributed by atoms with Crippen LogP contribution in [-0.4, -0.2) is 35.5 Å². The molecule has 0 radical (unpaired) electrons. The third kappa shape index (κ3) is 5.64. The molecule has 28 heavy (non-hydrogen) atoms. The van der Waals surface area contributed by atoms with Gasteiger partial charge in [-0.1, -0.05) is 12.1 Å². The summed E-state index contributed by atoms with van der Waals surface area (Å²) in [6.45, 7) is 5.56. The van der Waals surface area contributed by atoms with Gasteiger partial charge in [0.15, 0.2) is 6.61 Å². The predicted octanol–water partition coefficient (Wildman–Crippen LogP) is 3.14. The highest BCUT2D eigenvalue weighted by Crippen LogP contribution is 2.18. The van der Waals surface area contributed by atoms with Crippen molar-refractivity contribution in [3.8, 4) is 0 Å². The summed E-state index contributed by atoms with van der Waals surface area (Å²) in [5.41, 5.74) is 2.93. The molecule has 2 rings (SSSR count). The van der Waals surface area contributed by atoms with E-state index in [0.29, 0.717) is 12.1 Å². The average Bonchev–Trinajstić information content (AvgIpc) is 2.94. The summed E-state index contributed by atoms with van der Waals surface area (Å²) >= 11 is 0. The zero-order valence-electron chi connectivity index (χ0n) is 16.0. The molecule has 0 aliphatic heterocycles. The lowest BCUT2D eigenvalue weighted by Gasteiger charge is -2.10. The van der Waals surface area contributed by atoms with Crippen LogP contribution in [0.2, 0.25) is 0 Å². The number of esters is 2. The first-order valence-electron chi connectivity index (χ1n) is 8.77. The van der Waals surface area contributed by atoms with Crippen molar-refractivity contribution < 1.29 is 28.2 Å². The van der Waals surface area contributed by atoms with Crippen LogP contribution in [0.5, 0.6) is 0 Å². The number of aromatic nitrogens is 1. The van der Waals surface area contributed by atoms with Gasteiger partial charge in [0.1, 0.15) is 5.82 Å². The molecule has 0 amide bonds. The molecule has 2 aromatic rings. The number of hydrogen-bond acceptors (Lipinski definition) is 5. The summed E-state index contributed by atoms with van der Waals surface area (Å²) < 4.78 is 24.5. The number of rotatable bonds is 8. The maximum atomic E-state index is 13.1. The molecular weight excluding hydrogens is 365 g/mol. The maximum absolute atomic E-state index is 13.1. The van der Waals surface area contributed by atoms with Gasteiger partial charge in [-0.3, -0.25) is 4.79 Å². The van der Waals surface area contributed by atoms with Gasteiger partial charge in [0.25, 0.3) is 0 Å². The predicted molar refractivity (Wildman–Crippen MR) is 100 cm³/mol. The van der Waals surface area contributed by atoms with Crippen LogP contribution in [0.4, 0.5) is 4.39 Å². The van der Waals surface area contributed by atoms with E-state index in [1.807, 2.05) is 11.5 Å². The monoisotopic (exact) mass is 387 g/mol. The molecule has 7 heteroatoms. The largest absolute Gasteiger partial charge is 0.463 e. The molecule has 0 N–H and O–H groups in total. The molecule has 1 heterocycles. The van der Waals surface area contributed by atoms with Crippen molar-refractivity contribution >= 4 is 17.7 Å². The third-order valence-corrected chi connectivity index (χ3v) is 4.12. The van der Waals surface area contributed by atoms with Crippen molar-refractivity contribution in [1.82, 2.24) is 4.57 Å². The van der Waals surface area contributed by atoms with E-state index in [1.54, 1.807) is 32.0 Å². The number of nitrogens with zero attached hydrogens (tertiary/aromatic N) is 1. The molecule has 0 saturated carbocycles. The maximum Gasteiger partial charge on any atom is 0.331 e. The fourth-order valence-corrected chi connectivity index (χ4v) is 2.69. The molecule has 1 aromatic carbocycles. The molecule has 0 saturated heterocycles. The van der Waals surface area contributed by atoms with E-state index in [1.165, 1.54) is 12.1 Å². The zero-order chi connectivity index (χ0) is 20.7. The Hall–Kier alpha value is -3.22. The number of halogens is 1. The molecule has 0 spiro atoms. The van der Waals surface area contributed by atoms with Gasteiger partial charge in [0.05, 0.1) is 6.61 Å². The molecular formula is C21H22FNO5. The van der Waals surface area contributed by atoms with E-state index < -0.39 is 18.5 Å². The van der Waals surface area contributed by atoms with Crippen molar-refractivity contribution in [3.63, 3.8) is 0 Å². The Kier molecular flexibility index (Phi) is 7.26. The fraction of sp³-hybridized carbons (Fsp3) is 0.286. The number of carbonyl (C=O) groups excluding carboxylic acids is 3. The summed E-state index contributed by atoms with van der Waals surface area (Å²) in [6.07, 6.45) is 1.87. The fourth-order valence-electron chi connectivity index (χ4n) is 2.69. The first-order chi connectivity index (χ1) is 13.3. The second kappa shape index (κ2) is 9.64. The minimum absolute atomic E-state index is 0.199. The second-order valence-electron chi connectivity index (χ2n) is 6.11. The van der Waals surface area contributed by atoms with E-state index in [4.69, 9.17) is 4.74 Å². The number of hydrogen-bond donors (Lipinski definition) is 0. The number of Topliss-reactive ketones (excluding diaryl/α,β-unsaturated/α-hetero) is 1. The highest BCUT2D eigenvalue weighted by atomic mass is 19.1. The minimum atomic E-state index is -0.804. The van der Waals surface area contributed by atoms with Gasteiger partial charge in [-0.05, 0) is 44.5 Å². The number of ketones is 1. The Labute approximate surface area is 162 Å². The lowest BCUT2D eigenvalue weighted by Crippen LogP contribution is -2.14. The first-order valence-corrected chi connectivity index (χ1v) is 8.77. The number of aryl methyl sites for hydroxylation is 1. The van der Waals surface area contributed by atoms with Crippen LogP contribution in [0.15, 0.2) is 42.5 Å². The normalized spacial score (nSPS) is 10.9. The molecule has 0 fully saturated rings. The standard InChI is InChI=1S/C21H22FNO5/c1-4-27-20(25)9-10-21(26)28-13-19(24)18-11-14(2)23(15(18)3)12-16-5-7-17(22)8-6-16/h5-11H,4,12-13H2,1-3H3/b10-9+. The lowest BCUT2D eigenvalue weighted by atomic mass is 10.1. The number of ether oxygens (including phenoxy) is 2. The zero-order valence-corrected chi connectivity index (χ0v) is 16.0. The van der Waals surface area contributed by atoms with E-state index in [0.717, 1.165) is 29.1 Å². The van der Waals surface area contributed by atoms with Crippen LogP contribution in [-0.2, 0) is 25.6 Å². The second-order valence-corrected chi connectivity index (χ2v) is 6.11. The van der Waals surface area contributed by atoms with Gasteiger partial charge in [-0.25, -0.2) is 14.0 Å². The van der Waals surface area contributed by atoms with Gasteiger partial charge < -0.3 is 14.0 Å². The van der Waals surface area contributed by atoms with Crippen molar-refractivity contribution in [2.45, 2.75) is 27.3 Å². The molecule has 0 bridgehead atoms. The molecule has 0 aliphatic rings. The van der Waals surface area contributed by atoms with E-state index in [-0.39, 0.29) is 18.2 Å². The van der Waals surface area contributed by atoms with Crippen LogP contribution in [0, 0.1) is 19.7 Å². The van der Waals surface area contributed by atoms with Crippen molar-refractivity contribution in [2.24, 2.45) is 0 Å². The smallest absolute Gasteiger partial charge is 0.331 e. The van der Waals surface area contributed by atoms with E-state index in [2.05, 4.69) is 4.74 Å². The SMILES string of the molecule is CCOC(=O)/C=C/C(=O)OCC(=O)c1cc(C)n(Cc2ccc(F)cc2)c1C. The first kappa shape index (κ1) is 21.1. The molecule has 148 valence electrons. The highest BCUT2D eigenvalue weighted by Gasteiger charge is 2.17. The minimum Gasteiger partial charge on any atom is -0.463 e. The van der Waals surface area contributed by atoms with Crippen molar-refractivity contribution in [3.05, 3.63) is 70.8 Å². The Bertz CT molecular complexity index is 896. The Morgan fingerprint density at radius 2 is 1.64 bits per heavy atom. The number of benzene rings is 1. The van der Waals surface area contributed by atoms with Crippen molar-refractivity contribution in [1.29, 1.82) is 0 Å². The van der Waals surface area contributed by atoms with Crippen LogP contribution >= 0.6 is 0 Å². The van der Waals surface area contributed by atoms with Gasteiger partial charge in [-0.15, -0.1) is 0 Å². The van der Waals surface area contributed by atoms with Crippen molar-refractivity contribution in [2.75, 3.05) is 13.2 Å². The lowest BCUT2D eigenvalue weighted by molar-refractivity contribution is -0.139. The van der Waals surface area contributed by atoms with E-state index in [9.17, 15) is 18.8 Å². The molecule has 0 aliphatic carbocycles. The third-order valence-electron chi connectivity index (χ3n) is 4.12. The summed E-state index contributed by atoms with van der Waals surface area (Å²) in [4.78, 5) is 35.2. The average molecular weight is 387 g/mol. The topological polar surface area (TPSA) is 74.6 Å². The van der Waals surface area contributed by atoms with Crippen LogP contribution in [0.1, 0.15) is 34.2 Å². The summed E-state index contributed by atoms with van der Waals surface area (Å²) in [7, 11) is 0. The Balaban J connectivity index is 2.01. The highest BCUT2D eigenvalue weighted by molar-refractivity contribution is 6.00. The Morgan fingerprint density at radius 1 is 1.04 bits per heavy atom. The van der Waals surface area contributed by atoms with Crippen LogP contribution in [0.25, 0.3) is 0 Å². The summed E-state index contributed by atoms with van der Waals surface area (Å²) in [6, 6.07) is 7.88. The number of carbonyl (C=O) groups is 3. The molecule has 0 unspecified atom stereocenters. The van der Waals surface area contributed by atoms with E-state index >= 15 is 0 Å². The van der Waals surface area contributed by atoms with Gasteiger partial charge in [0, 0.05) is 35.6 Å². The molecule has 1 aromatic heterocycles. The van der Waals surface area contributed by atoms with Crippen LogP contribution < -0.4 is 0 Å². The summed E-state index contributed by atoms with van der Waals surface area (Å²) in [5.74, 6) is -2.12. The Morgan fingerprint density at radius 3 is 2.25 bits per heavy atom. The quantitative estimate of drug-likeness (QED) is 0.395. The molecule has 0 atom stereocenters. The van der Waals surface area contributed by atoms with Gasteiger partial charge in [-0.2, -0.15) is 0 Å². The summed E-state index contributed by atoms with van der Waals surface area (Å²) in [5, 5.41) is 0. The molecule has 6 nitrogen and oxygen atoms in total. The van der Waals surface area contributed by atoms with Gasteiger partial charge in [0.2, 0.25) is 5.78 Å². The van der Waals surface area contributed by atoms with Crippen LogP contribution in [0.3, 0.4) is 0 Å². The van der Waals surface area contributed by atoms with Gasteiger partial charge >= 0.3 is 11.9 Å².